The van der Waals surface area contributed by atoms with Crippen molar-refractivity contribution in [1.29, 1.82) is 0 Å². The van der Waals surface area contributed by atoms with Gasteiger partial charge in [-0.05, 0) is 36.4 Å². The van der Waals surface area contributed by atoms with Gasteiger partial charge in [-0.2, -0.15) is 5.10 Å². The molecule has 152 valence electrons. The van der Waals surface area contributed by atoms with E-state index in [-0.39, 0.29) is 12.5 Å². The Bertz CT molecular complexity index is 958. The number of hydrogen-bond donors (Lipinski definition) is 0. The first kappa shape index (κ1) is 19.5. The number of ether oxygens (including phenoxy) is 1. The Morgan fingerprint density at radius 3 is 2.59 bits per heavy atom. The molecule has 0 atom stereocenters. The van der Waals surface area contributed by atoms with E-state index >= 15 is 0 Å². The quantitative estimate of drug-likeness (QED) is 0.619. The van der Waals surface area contributed by atoms with Gasteiger partial charge in [0.25, 0.3) is 5.91 Å². The number of piperazine rings is 1. The van der Waals surface area contributed by atoms with E-state index in [4.69, 9.17) is 20.8 Å². The predicted octanol–water partition coefficient (Wildman–Crippen LogP) is 3.20. The number of rotatable bonds is 6. The molecule has 3 heterocycles. The summed E-state index contributed by atoms with van der Waals surface area (Å²) >= 11 is 5.87. The number of aryl methyl sites for hydroxylation is 1. The van der Waals surface area contributed by atoms with Crippen molar-refractivity contribution in [2.75, 3.05) is 26.2 Å². The molecule has 0 aliphatic carbocycles. The summed E-state index contributed by atoms with van der Waals surface area (Å²) in [6.45, 7) is 4.12. The first-order valence-electron chi connectivity index (χ1n) is 9.53. The van der Waals surface area contributed by atoms with Crippen molar-refractivity contribution in [1.82, 2.24) is 19.6 Å². The zero-order valence-electron chi connectivity index (χ0n) is 16.3. The van der Waals surface area contributed by atoms with Gasteiger partial charge >= 0.3 is 0 Å². The van der Waals surface area contributed by atoms with Crippen LogP contribution in [-0.2, 0) is 20.2 Å². The second-order valence-electron chi connectivity index (χ2n) is 7.10. The van der Waals surface area contributed by atoms with Crippen LogP contribution < -0.4 is 4.74 Å². The summed E-state index contributed by atoms with van der Waals surface area (Å²) in [5, 5.41) is 4.86. The number of nitrogens with zero attached hydrogens (tertiary/aromatic N) is 4. The van der Waals surface area contributed by atoms with Gasteiger partial charge in [0.15, 0.2) is 5.76 Å². The van der Waals surface area contributed by atoms with Gasteiger partial charge in [-0.3, -0.25) is 14.4 Å². The van der Waals surface area contributed by atoms with Crippen LogP contribution >= 0.6 is 11.6 Å². The van der Waals surface area contributed by atoms with Gasteiger partial charge in [0.2, 0.25) is 0 Å². The standard InChI is InChI=1S/C21H23ClN4O3/c1-24-13-16(12-23-24)14-25-8-10-26(11-9-25)21(27)20-7-6-19(29-20)15-28-18-4-2-17(22)3-5-18/h2-7,12-13H,8-11,14-15H2,1H3. The maximum absolute atomic E-state index is 12.7. The number of hydrogen-bond acceptors (Lipinski definition) is 5. The topological polar surface area (TPSA) is 63.7 Å². The van der Waals surface area contributed by atoms with Crippen LogP contribution in [0.2, 0.25) is 5.02 Å². The molecule has 1 aliphatic heterocycles. The first-order chi connectivity index (χ1) is 14.1. The van der Waals surface area contributed by atoms with Crippen LogP contribution in [0, 0.1) is 0 Å². The van der Waals surface area contributed by atoms with Gasteiger partial charge in [-0.1, -0.05) is 11.6 Å². The summed E-state index contributed by atoms with van der Waals surface area (Å²) in [5.74, 6) is 1.58. The second kappa shape index (κ2) is 8.71. The number of aromatic nitrogens is 2. The Hall–Kier alpha value is -2.77. The van der Waals surface area contributed by atoms with E-state index in [0.29, 0.717) is 35.4 Å². The van der Waals surface area contributed by atoms with Crippen LogP contribution in [0.1, 0.15) is 21.9 Å². The van der Waals surface area contributed by atoms with Crippen LogP contribution in [-0.4, -0.2) is 51.7 Å². The van der Waals surface area contributed by atoms with Crippen LogP contribution in [0.5, 0.6) is 5.75 Å². The molecule has 0 saturated carbocycles. The maximum Gasteiger partial charge on any atom is 0.289 e. The molecule has 1 aliphatic rings. The normalized spacial score (nSPS) is 14.9. The van der Waals surface area contributed by atoms with Gasteiger partial charge in [0, 0.05) is 56.6 Å². The van der Waals surface area contributed by atoms with Gasteiger partial charge in [-0.25, -0.2) is 0 Å². The lowest BCUT2D eigenvalue weighted by Gasteiger charge is -2.34. The molecule has 0 radical (unpaired) electrons. The molecular formula is C21H23ClN4O3. The zero-order valence-corrected chi connectivity index (χ0v) is 17.0. The number of carbonyl (C=O) groups is 1. The highest BCUT2D eigenvalue weighted by atomic mass is 35.5. The van der Waals surface area contributed by atoms with E-state index in [2.05, 4.69) is 10.00 Å². The van der Waals surface area contributed by atoms with Crippen molar-refractivity contribution in [3.63, 3.8) is 0 Å². The fraction of sp³-hybridized carbons (Fsp3) is 0.333. The van der Waals surface area contributed by atoms with E-state index in [1.807, 2.05) is 24.3 Å². The minimum absolute atomic E-state index is 0.0798. The van der Waals surface area contributed by atoms with Crippen LogP contribution in [0.15, 0.2) is 53.2 Å². The maximum atomic E-state index is 12.7. The third kappa shape index (κ3) is 4.99. The molecule has 0 N–H and O–H groups in total. The minimum atomic E-state index is -0.0798. The number of furan rings is 1. The van der Waals surface area contributed by atoms with Crippen LogP contribution in [0.3, 0.4) is 0 Å². The summed E-state index contributed by atoms with van der Waals surface area (Å²) < 4.78 is 13.2. The number of carbonyl (C=O) groups excluding carboxylic acids is 1. The molecular weight excluding hydrogens is 392 g/mol. The molecule has 0 spiro atoms. The number of halogens is 1. The molecule has 1 aromatic carbocycles. The predicted molar refractivity (Wildman–Crippen MR) is 109 cm³/mol. The highest BCUT2D eigenvalue weighted by molar-refractivity contribution is 6.30. The van der Waals surface area contributed by atoms with E-state index in [9.17, 15) is 4.79 Å². The molecule has 8 heteroatoms. The zero-order chi connectivity index (χ0) is 20.2. The second-order valence-corrected chi connectivity index (χ2v) is 7.54. The molecule has 4 rings (SSSR count). The minimum Gasteiger partial charge on any atom is -0.486 e. The van der Waals surface area contributed by atoms with Gasteiger partial charge in [0.1, 0.15) is 18.1 Å². The summed E-state index contributed by atoms with van der Waals surface area (Å²) in [5.41, 5.74) is 1.18. The Morgan fingerprint density at radius 2 is 1.90 bits per heavy atom. The third-order valence-electron chi connectivity index (χ3n) is 4.89. The summed E-state index contributed by atoms with van der Waals surface area (Å²) in [6, 6.07) is 10.6. The molecule has 0 bridgehead atoms. The summed E-state index contributed by atoms with van der Waals surface area (Å²) in [4.78, 5) is 16.9. The fourth-order valence-electron chi connectivity index (χ4n) is 3.33. The van der Waals surface area contributed by atoms with E-state index < -0.39 is 0 Å². The lowest BCUT2D eigenvalue weighted by atomic mass is 10.2. The number of benzene rings is 1. The Morgan fingerprint density at radius 1 is 1.14 bits per heavy atom. The summed E-state index contributed by atoms with van der Waals surface area (Å²) in [6.07, 6.45) is 3.90. The van der Waals surface area contributed by atoms with E-state index in [1.54, 1.807) is 41.1 Å². The summed E-state index contributed by atoms with van der Waals surface area (Å²) in [7, 11) is 1.91. The van der Waals surface area contributed by atoms with Crippen molar-refractivity contribution < 1.29 is 13.9 Å². The smallest absolute Gasteiger partial charge is 0.289 e. The SMILES string of the molecule is Cn1cc(CN2CCN(C(=O)c3ccc(COc4ccc(Cl)cc4)o3)CC2)cn1. The first-order valence-corrected chi connectivity index (χ1v) is 9.91. The van der Waals surface area contributed by atoms with Crippen molar-refractivity contribution >= 4 is 17.5 Å². The highest BCUT2D eigenvalue weighted by Crippen LogP contribution is 2.19. The number of amides is 1. The van der Waals surface area contributed by atoms with Gasteiger partial charge in [0.05, 0.1) is 6.20 Å². The van der Waals surface area contributed by atoms with Gasteiger partial charge < -0.3 is 14.1 Å². The third-order valence-corrected chi connectivity index (χ3v) is 5.14. The van der Waals surface area contributed by atoms with E-state index in [0.717, 1.165) is 19.6 Å². The van der Waals surface area contributed by atoms with Crippen molar-refractivity contribution in [3.05, 3.63) is 70.9 Å². The van der Waals surface area contributed by atoms with Crippen molar-refractivity contribution in [2.45, 2.75) is 13.2 Å². The monoisotopic (exact) mass is 414 g/mol. The van der Waals surface area contributed by atoms with E-state index in [1.165, 1.54) is 5.56 Å². The molecule has 1 amide bonds. The average molecular weight is 415 g/mol. The lowest BCUT2D eigenvalue weighted by molar-refractivity contribution is 0.0594. The highest BCUT2D eigenvalue weighted by Gasteiger charge is 2.24. The Kier molecular flexibility index (Phi) is 5.87. The molecule has 29 heavy (non-hydrogen) atoms. The molecule has 2 aromatic heterocycles. The molecule has 3 aromatic rings. The Balaban J connectivity index is 1.27. The van der Waals surface area contributed by atoms with Gasteiger partial charge in [-0.15, -0.1) is 0 Å². The largest absolute Gasteiger partial charge is 0.486 e. The Labute approximate surface area is 174 Å². The molecule has 0 unspecified atom stereocenters. The van der Waals surface area contributed by atoms with Crippen LogP contribution in [0.4, 0.5) is 0 Å². The molecule has 7 nitrogen and oxygen atoms in total. The van der Waals surface area contributed by atoms with Crippen LogP contribution in [0.25, 0.3) is 0 Å². The van der Waals surface area contributed by atoms with Crippen molar-refractivity contribution in [3.8, 4) is 5.75 Å². The van der Waals surface area contributed by atoms with Crippen molar-refractivity contribution in [2.24, 2.45) is 7.05 Å². The lowest BCUT2D eigenvalue weighted by Crippen LogP contribution is -2.48. The fourth-order valence-corrected chi connectivity index (χ4v) is 3.46. The molecule has 1 fully saturated rings. The average Bonchev–Trinajstić information content (AvgIpc) is 3.37. The molecule has 1 saturated heterocycles.